The van der Waals surface area contributed by atoms with Crippen molar-refractivity contribution in [2.24, 2.45) is 0 Å². The number of methoxy groups -OCH3 is 1. The summed E-state index contributed by atoms with van der Waals surface area (Å²) in [5.74, 6) is 0. The molecule has 0 spiro atoms. The SMILES string of the molecule is CNC(CCC(C)(C)OC)C1(N(C)C)CCCCC1. The van der Waals surface area contributed by atoms with Gasteiger partial charge in [-0.05, 0) is 60.7 Å². The van der Waals surface area contributed by atoms with E-state index in [9.17, 15) is 0 Å². The number of nitrogens with zero attached hydrogens (tertiary/aromatic N) is 1. The van der Waals surface area contributed by atoms with Gasteiger partial charge < -0.3 is 15.0 Å². The summed E-state index contributed by atoms with van der Waals surface area (Å²) in [4.78, 5) is 2.47. The molecule has 0 heterocycles. The quantitative estimate of drug-likeness (QED) is 0.769. The number of likely N-dealkylation sites (N-methyl/N-ethyl adjacent to an activating group) is 2. The summed E-state index contributed by atoms with van der Waals surface area (Å²) in [6, 6.07) is 0.553. The molecule has 0 amide bonds. The lowest BCUT2D eigenvalue weighted by Gasteiger charge is -2.49. The van der Waals surface area contributed by atoms with Gasteiger partial charge in [0.1, 0.15) is 0 Å². The molecule has 1 N–H and O–H groups in total. The van der Waals surface area contributed by atoms with Crippen molar-refractivity contribution in [1.29, 1.82) is 0 Å². The van der Waals surface area contributed by atoms with Crippen LogP contribution in [-0.2, 0) is 4.74 Å². The fourth-order valence-electron chi connectivity index (χ4n) is 3.55. The van der Waals surface area contributed by atoms with Crippen molar-refractivity contribution in [3.63, 3.8) is 0 Å². The maximum atomic E-state index is 5.57. The molecule has 0 bridgehead atoms. The number of nitrogens with one attached hydrogen (secondary N) is 1. The minimum absolute atomic E-state index is 0.0166. The van der Waals surface area contributed by atoms with Crippen LogP contribution < -0.4 is 5.32 Å². The third-order valence-corrected chi connectivity index (χ3v) is 5.19. The van der Waals surface area contributed by atoms with Crippen LogP contribution in [0.15, 0.2) is 0 Å². The Hall–Kier alpha value is -0.120. The molecule has 3 heteroatoms. The van der Waals surface area contributed by atoms with Crippen molar-refractivity contribution in [1.82, 2.24) is 10.2 Å². The van der Waals surface area contributed by atoms with E-state index in [0.29, 0.717) is 11.6 Å². The van der Waals surface area contributed by atoms with Crippen LogP contribution in [0.1, 0.15) is 58.8 Å². The number of ether oxygens (including phenoxy) is 1. The largest absolute Gasteiger partial charge is 0.379 e. The summed E-state index contributed by atoms with van der Waals surface area (Å²) in [5.41, 5.74) is 0.314. The van der Waals surface area contributed by atoms with E-state index < -0.39 is 0 Å². The van der Waals surface area contributed by atoms with Crippen molar-refractivity contribution in [3.05, 3.63) is 0 Å². The van der Waals surface area contributed by atoms with E-state index in [-0.39, 0.29) is 5.60 Å². The first-order chi connectivity index (χ1) is 8.88. The Morgan fingerprint density at radius 3 is 2.21 bits per heavy atom. The number of rotatable bonds is 7. The molecule has 0 aromatic heterocycles. The standard InChI is InChI=1S/C16H34N2O/c1-15(2,19-6)13-10-14(17-3)16(18(4)5)11-8-7-9-12-16/h14,17H,7-13H2,1-6H3. The van der Waals surface area contributed by atoms with Crippen LogP contribution in [0.5, 0.6) is 0 Å². The second kappa shape index (κ2) is 7.05. The lowest BCUT2D eigenvalue weighted by atomic mass is 9.73. The first-order valence-corrected chi connectivity index (χ1v) is 7.78. The Bertz CT molecular complexity index is 257. The van der Waals surface area contributed by atoms with Gasteiger partial charge in [-0.3, -0.25) is 0 Å². The van der Waals surface area contributed by atoms with Gasteiger partial charge in [-0.1, -0.05) is 19.3 Å². The van der Waals surface area contributed by atoms with Gasteiger partial charge in [-0.25, -0.2) is 0 Å². The molecule has 1 saturated carbocycles. The number of hydrogen-bond acceptors (Lipinski definition) is 3. The monoisotopic (exact) mass is 270 g/mol. The van der Waals surface area contributed by atoms with Crippen molar-refractivity contribution in [3.8, 4) is 0 Å². The second-order valence-corrected chi connectivity index (χ2v) is 6.90. The molecule has 0 aliphatic heterocycles. The molecule has 0 saturated heterocycles. The summed E-state index contributed by atoms with van der Waals surface area (Å²) in [6.07, 6.45) is 9.04. The highest BCUT2D eigenvalue weighted by molar-refractivity contribution is 5.00. The minimum atomic E-state index is -0.0166. The molecule has 1 rings (SSSR count). The maximum Gasteiger partial charge on any atom is 0.0623 e. The van der Waals surface area contributed by atoms with E-state index in [1.807, 2.05) is 7.11 Å². The van der Waals surface area contributed by atoms with Crippen LogP contribution in [0.3, 0.4) is 0 Å². The highest BCUT2D eigenvalue weighted by Gasteiger charge is 2.41. The Balaban J connectivity index is 2.74. The van der Waals surface area contributed by atoms with Crippen molar-refractivity contribution in [2.75, 3.05) is 28.3 Å². The van der Waals surface area contributed by atoms with Crippen molar-refractivity contribution < 1.29 is 4.74 Å². The Morgan fingerprint density at radius 2 is 1.79 bits per heavy atom. The van der Waals surface area contributed by atoms with E-state index in [0.717, 1.165) is 6.42 Å². The van der Waals surface area contributed by atoms with E-state index >= 15 is 0 Å². The van der Waals surface area contributed by atoms with Gasteiger partial charge in [0.05, 0.1) is 5.60 Å². The zero-order valence-corrected chi connectivity index (χ0v) is 13.9. The van der Waals surface area contributed by atoms with Gasteiger partial charge in [0.25, 0.3) is 0 Å². The maximum absolute atomic E-state index is 5.57. The van der Waals surface area contributed by atoms with Gasteiger partial charge in [-0.2, -0.15) is 0 Å². The van der Waals surface area contributed by atoms with Crippen LogP contribution in [0, 0.1) is 0 Å². The zero-order valence-electron chi connectivity index (χ0n) is 13.9. The molecule has 3 nitrogen and oxygen atoms in total. The first kappa shape index (κ1) is 16.9. The zero-order chi connectivity index (χ0) is 14.5. The van der Waals surface area contributed by atoms with Gasteiger partial charge in [0, 0.05) is 18.7 Å². The van der Waals surface area contributed by atoms with Crippen LogP contribution in [0.4, 0.5) is 0 Å². The summed E-state index contributed by atoms with van der Waals surface area (Å²) in [5, 5.41) is 3.59. The Morgan fingerprint density at radius 1 is 1.21 bits per heavy atom. The molecule has 1 fully saturated rings. The minimum Gasteiger partial charge on any atom is -0.379 e. The van der Waals surface area contributed by atoms with E-state index in [4.69, 9.17) is 4.74 Å². The third kappa shape index (κ3) is 4.17. The fourth-order valence-corrected chi connectivity index (χ4v) is 3.55. The average Bonchev–Trinajstić information content (AvgIpc) is 2.40. The lowest BCUT2D eigenvalue weighted by molar-refractivity contribution is -0.00114. The van der Waals surface area contributed by atoms with Crippen LogP contribution >= 0.6 is 0 Å². The predicted octanol–water partition coefficient (Wildman–Crippen LogP) is 3.04. The van der Waals surface area contributed by atoms with Crippen molar-refractivity contribution in [2.45, 2.75) is 76.0 Å². The summed E-state index contributed by atoms with van der Waals surface area (Å²) >= 11 is 0. The highest BCUT2D eigenvalue weighted by Crippen LogP contribution is 2.37. The lowest BCUT2D eigenvalue weighted by Crippen LogP contribution is -2.59. The molecule has 1 aliphatic carbocycles. The summed E-state index contributed by atoms with van der Waals surface area (Å²) in [6.45, 7) is 4.37. The van der Waals surface area contributed by atoms with E-state index in [1.54, 1.807) is 0 Å². The van der Waals surface area contributed by atoms with Gasteiger partial charge >= 0.3 is 0 Å². The van der Waals surface area contributed by atoms with Crippen LogP contribution in [0.25, 0.3) is 0 Å². The molecule has 1 atom stereocenters. The normalized spacial score (nSPS) is 21.6. The summed E-state index contributed by atoms with van der Waals surface area (Å²) < 4.78 is 5.57. The van der Waals surface area contributed by atoms with E-state index in [1.165, 1.54) is 38.5 Å². The Labute approximate surface area is 120 Å². The molecule has 114 valence electrons. The van der Waals surface area contributed by atoms with E-state index in [2.05, 4.69) is 45.2 Å². The predicted molar refractivity (Wildman–Crippen MR) is 82.7 cm³/mol. The molecule has 19 heavy (non-hydrogen) atoms. The molecular weight excluding hydrogens is 236 g/mol. The molecule has 0 radical (unpaired) electrons. The Kier molecular flexibility index (Phi) is 6.28. The second-order valence-electron chi connectivity index (χ2n) is 6.90. The molecule has 1 aliphatic rings. The molecule has 0 aromatic rings. The topological polar surface area (TPSA) is 24.5 Å². The third-order valence-electron chi connectivity index (χ3n) is 5.19. The average molecular weight is 270 g/mol. The van der Waals surface area contributed by atoms with Crippen molar-refractivity contribution >= 4 is 0 Å². The summed E-state index contributed by atoms with van der Waals surface area (Å²) in [7, 11) is 8.43. The number of hydrogen-bond donors (Lipinski definition) is 1. The molecular formula is C16H34N2O. The fraction of sp³-hybridized carbons (Fsp3) is 1.00. The van der Waals surface area contributed by atoms with Gasteiger partial charge in [0.15, 0.2) is 0 Å². The molecule has 0 aromatic carbocycles. The van der Waals surface area contributed by atoms with Gasteiger partial charge in [0.2, 0.25) is 0 Å². The van der Waals surface area contributed by atoms with Crippen LogP contribution in [-0.4, -0.2) is 50.3 Å². The molecule has 1 unspecified atom stereocenters. The van der Waals surface area contributed by atoms with Crippen LogP contribution in [0.2, 0.25) is 0 Å². The highest BCUT2D eigenvalue weighted by atomic mass is 16.5. The van der Waals surface area contributed by atoms with Gasteiger partial charge in [-0.15, -0.1) is 0 Å². The first-order valence-electron chi connectivity index (χ1n) is 7.78. The smallest absolute Gasteiger partial charge is 0.0623 e.